The van der Waals surface area contributed by atoms with Crippen LogP contribution >= 0.6 is 0 Å². The van der Waals surface area contributed by atoms with E-state index in [2.05, 4.69) is 5.32 Å². The van der Waals surface area contributed by atoms with Crippen molar-refractivity contribution in [1.29, 1.82) is 0 Å². The summed E-state index contributed by atoms with van der Waals surface area (Å²) < 4.78 is 10.7. The van der Waals surface area contributed by atoms with Gasteiger partial charge in [-0.15, -0.1) is 0 Å². The third-order valence-electron chi connectivity index (χ3n) is 3.59. The maximum atomic E-state index is 12.4. The molecule has 1 aromatic rings. The number of rotatable bonds is 8. The number of carbonyl (C=O) groups excluding carboxylic acids is 2. The van der Waals surface area contributed by atoms with Crippen LogP contribution in [0.2, 0.25) is 0 Å². The van der Waals surface area contributed by atoms with Gasteiger partial charge in [0, 0.05) is 32.6 Å². The van der Waals surface area contributed by atoms with Gasteiger partial charge in [-0.1, -0.05) is 12.1 Å². The lowest BCUT2D eigenvalue weighted by Crippen LogP contribution is -2.38. The minimum Gasteiger partial charge on any atom is -0.490 e. The maximum absolute atomic E-state index is 12.4. The Morgan fingerprint density at radius 1 is 1.30 bits per heavy atom. The van der Waals surface area contributed by atoms with Gasteiger partial charge in [0.25, 0.3) is 0 Å². The number of fused-ring (bicyclic) bond motifs is 1. The molecule has 0 aliphatic carbocycles. The number of benzene rings is 1. The maximum Gasteiger partial charge on any atom is 0.227 e. The largest absolute Gasteiger partial charge is 0.490 e. The zero-order valence-corrected chi connectivity index (χ0v) is 13.5. The Morgan fingerprint density at radius 2 is 2.13 bits per heavy atom. The number of nitrogens with zero attached hydrogens (tertiary/aromatic N) is 1. The quantitative estimate of drug-likeness (QED) is 0.741. The summed E-state index contributed by atoms with van der Waals surface area (Å²) in [6, 6.07) is 7.46. The summed E-state index contributed by atoms with van der Waals surface area (Å²) in [7, 11) is 0. The zero-order valence-electron chi connectivity index (χ0n) is 13.5. The normalized spacial score (nSPS) is 13.2. The highest BCUT2D eigenvalue weighted by molar-refractivity contribution is 5.97. The average molecular weight is 320 g/mol. The molecule has 2 amide bonds. The molecular weight excluding hydrogens is 296 g/mol. The number of hydrogen-bond donors (Lipinski definition) is 1. The fourth-order valence-electron chi connectivity index (χ4n) is 2.42. The molecule has 0 bridgehead atoms. The van der Waals surface area contributed by atoms with E-state index in [0.29, 0.717) is 38.7 Å². The summed E-state index contributed by atoms with van der Waals surface area (Å²) in [5.74, 6) is 0.564. The number of amides is 2. The standard InChI is InChI=1S/C17H24N2O4/c1-2-22-12-5-10-18-16(20)8-9-17(21)19-11-13-23-15-7-4-3-6-14(15)19/h3-4,6-7H,2,5,8-13H2,1H3,(H,18,20). The average Bonchev–Trinajstić information content (AvgIpc) is 2.59. The Hall–Kier alpha value is -2.08. The van der Waals surface area contributed by atoms with Crippen LogP contribution in [0.15, 0.2) is 24.3 Å². The van der Waals surface area contributed by atoms with E-state index >= 15 is 0 Å². The Kier molecular flexibility index (Phi) is 6.87. The van der Waals surface area contributed by atoms with Crippen molar-refractivity contribution in [3.8, 4) is 5.75 Å². The first-order chi connectivity index (χ1) is 11.2. The molecule has 0 aromatic heterocycles. The van der Waals surface area contributed by atoms with Crippen LogP contribution in [0, 0.1) is 0 Å². The molecule has 0 unspecified atom stereocenters. The van der Waals surface area contributed by atoms with E-state index in [0.717, 1.165) is 12.1 Å². The Labute approximate surface area is 136 Å². The molecule has 1 heterocycles. The molecule has 23 heavy (non-hydrogen) atoms. The van der Waals surface area contributed by atoms with E-state index in [1.807, 2.05) is 31.2 Å². The minimum atomic E-state index is -0.101. The van der Waals surface area contributed by atoms with Crippen LogP contribution in [-0.2, 0) is 14.3 Å². The lowest BCUT2D eigenvalue weighted by molar-refractivity contribution is -0.125. The summed E-state index contributed by atoms with van der Waals surface area (Å²) in [5.41, 5.74) is 0.779. The smallest absolute Gasteiger partial charge is 0.227 e. The second-order valence-electron chi connectivity index (χ2n) is 5.26. The molecule has 0 saturated carbocycles. The fourth-order valence-corrected chi connectivity index (χ4v) is 2.42. The van der Waals surface area contributed by atoms with E-state index < -0.39 is 0 Å². The van der Waals surface area contributed by atoms with Gasteiger partial charge in [-0.3, -0.25) is 9.59 Å². The van der Waals surface area contributed by atoms with Crippen LogP contribution in [0.4, 0.5) is 5.69 Å². The highest BCUT2D eigenvalue weighted by Crippen LogP contribution is 2.31. The van der Waals surface area contributed by atoms with E-state index in [4.69, 9.17) is 9.47 Å². The van der Waals surface area contributed by atoms with Crippen molar-refractivity contribution in [1.82, 2.24) is 5.32 Å². The van der Waals surface area contributed by atoms with Gasteiger partial charge in [-0.05, 0) is 25.5 Å². The summed E-state index contributed by atoms with van der Waals surface area (Å²) in [4.78, 5) is 25.8. The van der Waals surface area contributed by atoms with Gasteiger partial charge in [-0.2, -0.15) is 0 Å². The van der Waals surface area contributed by atoms with Crippen molar-refractivity contribution in [3.63, 3.8) is 0 Å². The molecule has 2 rings (SSSR count). The summed E-state index contributed by atoms with van der Waals surface area (Å²) in [6.07, 6.45) is 1.18. The second kappa shape index (κ2) is 9.15. The molecule has 1 aromatic carbocycles. The fraction of sp³-hybridized carbons (Fsp3) is 0.529. The molecule has 0 atom stereocenters. The van der Waals surface area contributed by atoms with Crippen LogP contribution in [0.25, 0.3) is 0 Å². The number of nitrogens with one attached hydrogen (secondary N) is 1. The number of hydrogen-bond acceptors (Lipinski definition) is 4. The topological polar surface area (TPSA) is 67.9 Å². The molecule has 1 aliphatic rings. The zero-order chi connectivity index (χ0) is 16.5. The molecule has 0 fully saturated rings. The van der Waals surface area contributed by atoms with Crippen molar-refractivity contribution in [2.45, 2.75) is 26.2 Å². The number of carbonyl (C=O) groups is 2. The molecule has 0 saturated heterocycles. The Bertz CT molecular complexity index is 533. The SMILES string of the molecule is CCOCCCNC(=O)CCC(=O)N1CCOc2ccccc21. The van der Waals surface area contributed by atoms with Gasteiger partial charge in [-0.25, -0.2) is 0 Å². The Balaban J connectivity index is 1.74. The number of anilines is 1. The number of para-hydroxylation sites is 2. The summed E-state index contributed by atoms with van der Waals surface area (Å²) >= 11 is 0. The van der Waals surface area contributed by atoms with Crippen molar-refractivity contribution in [3.05, 3.63) is 24.3 Å². The second-order valence-corrected chi connectivity index (χ2v) is 5.26. The predicted molar refractivity (Wildman–Crippen MR) is 87.6 cm³/mol. The molecular formula is C17H24N2O4. The van der Waals surface area contributed by atoms with Crippen LogP contribution in [0.1, 0.15) is 26.2 Å². The van der Waals surface area contributed by atoms with E-state index in [1.165, 1.54) is 0 Å². The van der Waals surface area contributed by atoms with Crippen molar-refractivity contribution in [2.75, 3.05) is 37.8 Å². The molecule has 126 valence electrons. The molecule has 6 nitrogen and oxygen atoms in total. The molecule has 6 heteroatoms. The Morgan fingerprint density at radius 3 is 2.96 bits per heavy atom. The van der Waals surface area contributed by atoms with E-state index in [9.17, 15) is 9.59 Å². The first-order valence-corrected chi connectivity index (χ1v) is 8.09. The molecule has 1 N–H and O–H groups in total. The minimum absolute atomic E-state index is 0.0507. The predicted octanol–water partition coefficient (Wildman–Crippen LogP) is 1.73. The lowest BCUT2D eigenvalue weighted by Gasteiger charge is -2.29. The molecule has 0 radical (unpaired) electrons. The van der Waals surface area contributed by atoms with Crippen LogP contribution in [0.3, 0.4) is 0 Å². The monoisotopic (exact) mass is 320 g/mol. The van der Waals surface area contributed by atoms with Crippen molar-refractivity contribution >= 4 is 17.5 Å². The van der Waals surface area contributed by atoms with E-state index in [1.54, 1.807) is 4.90 Å². The summed E-state index contributed by atoms with van der Waals surface area (Å²) in [6.45, 7) is 4.84. The van der Waals surface area contributed by atoms with Crippen LogP contribution in [-0.4, -0.2) is 44.7 Å². The number of ether oxygens (including phenoxy) is 2. The van der Waals surface area contributed by atoms with Gasteiger partial charge in [0.15, 0.2) is 0 Å². The van der Waals surface area contributed by atoms with Crippen LogP contribution < -0.4 is 15.0 Å². The van der Waals surface area contributed by atoms with Crippen molar-refractivity contribution < 1.29 is 19.1 Å². The van der Waals surface area contributed by atoms with Crippen LogP contribution in [0.5, 0.6) is 5.75 Å². The van der Waals surface area contributed by atoms with Gasteiger partial charge >= 0.3 is 0 Å². The van der Waals surface area contributed by atoms with E-state index in [-0.39, 0.29) is 24.7 Å². The summed E-state index contributed by atoms with van der Waals surface area (Å²) in [5, 5.41) is 2.80. The van der Waals surface area contributed by atoms with Gasteiger partial charge in [0.2, 0.25) is 11.8 Å². The molecule has 1 aliphatic heterocycles. The highest BCUT2D eigenvalue weighted by Gasteiger charge is 2.23. The molecule has 0 spiro atoms. The van der Waals surface area contributed by atoms with Gasteiger partial charge < -0.3 is 19.7 Å². The highest BCUT2D eigenvalue weighted by atomic mass is 16.5. The first kappa shape index (κ1) is 17.3. The van der Waals surface area contributed by atoms with Crippen molar-refractivity contribution in [2.24, 2.45) is 0 Å². The van der Waals surface area contributed by atoms with Gasteiger partial charge in [0.05, 0.1) is 12.2 Å². The third kappa shape index (κ3) is 5.25. The first-order valence-electron chi connectivity index (χ1n) is 8.09. The third-order valence-corrected chi connectivity index (χ3v) is 3.59. The lowest BCUT2D eigenvalue weighted by atomic mass is 10.2. The van der Waals surface area contributed by atoms with Gasteiger partial charge in [0.1, 0.15) is 12.4 Å².